The van der Waals surface area contributed by atoms with Gasteiger partial charge >= 0.3 is 6.18 Å². The lowest BCUT2D eigenvalue weighted by molar-refractivity contribution is -0.175. The second-order valence-electron chi connectivity index (χ2n) is 3.76. The summed E-state index contributed by atoms with van der Waals surface area (Å²) >= 11 is 8.89. The zero-order chi connectivity index (χ0) is 14.6. The molecule has 0 radical (unpaired) electrons. The number of ether oxygens (including phenoxy) is 1. The van der Waals surface area contributed by atoms with Crippen molar-refractivity contribution in [2.75, 3.05) is 20.3 Å². The Hall–Kier alpha value is -0.370. The molecular weight excluding hydrogens is 353 g/mol. The molecule has 0 aliphatic heterocycles. The quantitative estimate of drug-likeness (QED) is 0.628. The molecule has 1 N–H and O–H groups in total. The second-order valence-corrected chi connectivity index (χ2v) is 5.02. The molecule has 0 fully saturated rings. The summed E-state index contributed by atoms with van der Waals surface area (Å²) in [5, 5.41) is 2.96. The highest BCUT2D eigenvalue weighted by Crippen LogP contribution is 2.29. The Kier molecular flexibility index (Phi) is 6.04. The number of hydrogen-bond donors (Lipinski definition) is 1. The van der Waals surface area contributed by atoms with Gasteiger partial charge in [-0.05, 0) is 35.1 Å². The van der Waals surface area contributed by atoms with Gasteiger partial charge in [0.1, 0.15) is 12.4 Å². The molecule has 19 heavy (non-hydrogen) atoms. The van der Waals surface area contributed by atoms with Crippen LogP contribution in [0.5, 0.6) is 0 Å². The molecule has 1 unspecified atom stereocenters. The molecule has 1 aromatic rings. The molecule has 0 bridgehead atoms. The zero-order valence-corrected chi connectivity index (χ0v) is 12.2. The molecule has 0 aliphatic carbocycles. The van der Waals surface area contributed by atoms with Crippen molar-refractivity contribution in [1.29, 1.82) is 0 Å². The van der Waals surface area contributed by atoms with Gasteiger partial charge in [-0.3, -0.25) is 0 Å². The Morgan fingerprint density at radius 3 is 2.58 bits per heavy atom. The van der Waals surface area contributed by atoms with E-state index in [9.17, 15) is 17.6 Å². The number of nitrogens with one attached hydrogen (secondary N) is 1. The maximum Gasteiger partial charge on any atom is 0.411 e. The molecule has 2 nitrogen and oxygen atoms in total. The fraction of sp³-hybridized carbons (Fsp3) is 0.455. The van der Waals surface area contributed by atoms with Gasteiger partial charge in [-0.25, -0.2) is 4.39 Å². The topological polar surface area (TPSA) is 21.3 Å². The van der Waals surface area contributed by atoms with Crippen molar-refractivity contribution in [3.8, 4) is 0 Å². The largest absolute Gasteiger partial charge is 0.411 e. The van der Waals surface area contributed by atoms with E-state index in [0.717, 1.165) is 6.07 Å². The van der Waals surface area contributed by atoms with Gasteiger partial charge < -0.3 is 10.1 Å². The first-order valence-electron chi connectivity index (χ1n) is 5.21. The first-order valence-corrected chi connectivity index (χ1v) is 6.38. The molecule has 0 amide bonds. The SMILES string of the molecule is CNC(COCC(F)(F)F)c1cc(Cl)c(Br)cc1F. The van der Waals surface area contributed by atoms with Crippen LogP contribution in [0.25, 0.3) is 0 Å². The van der Waals surface area contributed by atoms with Crippen LogP contribution >= 0.6 is 27.5 Å². The number of likely N-dealkylation sites (N-methyl/N-ethyl adjacent to an activating group) is 1. The van der Waals surface area contributed by atoms with E-state index < -0.39 is 24.6 Å². The fourth-order valence-electron chi connectivity index (χ4n) is 1.43. The molecule has 1 rings (SSSR count). The van der Waals surface area contributed by atoms with Crippen LogP contribution in [0.15, 0.2) is 16.6 Å². The minimum absolute atomic E-state index is 0.151. The van der Waals surface area contributed by atoms with Crippen molar-refractivity contribution in [2.24, 2.45) is 0 Å². The van der Waals surface area contributed by atoms with Crippen LogP contribution in [-0.2, 0) is 4.74 Å². The van der Waals surface area contributed by atoms with Crippen LogP contribution in [0.4, 0.5) is 17.6 Å². The fourth-order valence-corrected chi connectivity index (χ4v) is 1.91. The lowest BCUT2D eigenvalue weighted by Gasteiger charge is -2.18. The van der Waals surface area contributed by atoms with Gasteiger partial charge in [-0.2, -0.15) is 13.2 Å². The maximum absolute atomic E-state index is 13.7. The Balaban J connectivity index is 2.77. The van der Waals surface area contributed by atoms with Crippen molar-refractivity contribution in [2.45, 2.75) is 12.2 Å². The predicted octanol–water partition coefficient (Wildman–Crippen LogP) is 4.08. The molecule has 1 aromatic carbocycles. The van der Waals surface area contributed by atoms with Gasteiger partial charge in [0, 0.05) is 10.0 Å². The van der Waals surface area contributed by atoms with Crippen LogP contribution < -0.4 is 5.32 Å². The number of alkyl halides is 3. The Bertz CT molecular complexity index is 441. The summed E-state index contributed by atoms with van der Waals surface area (Å²) in [5.74, 6) is -0.578. The first kappa shape index (κ1) is 16.7. The summed E-state index contributed by atoms with van der Waals surface area (Å²) in [7, 11) is 1.50. The summed E-state index contributed by atoms with van der Waals surface area (Å²) in [6.07, 6.45) is -4.41. The predicted molar refractivity (Wildman–Crippen MR) is 67.8 cm³/mol. The molecule has 0 heterocycles. The molecule has 0 saturated heterocycles. The monoisotopic (exact) mass is 363 g/mol. The summed E-state index contributed by atoms with van der Waals surface area (Å²) < 4.78 is 54.5. The Labute approximate surface area is 121 Å². The molecule has 0 aromatic heterocycles. The van der Waals surface area contributed by atoms with Crippen LogP contribution in [0.3, 0.4) is 0 Å². The van der Waals surface area contributed by atoms with Crippen LogP contribution in [0, 0.1) is 5.82 Å². The number of rotatable bonds is 5. The van der Waals surface area contributed by atoms with E-state index in [1.807, 2.05) is 0 Å². The molecular formula is C11H11BrClF4NO. The van der Waals surface area contributed by atoms with Gasteiger partial charge in [-0.15, -0.1) is 0 Å². The molecule has 0 saturated carbocycles. The number of benzene rings is 1. The van der Waals surface area contributed by atoms with Crippen molar-refractivity contribution < 1.29 is 22.3 Å². The number of hydrogen-bond acceptors (Lipinski definition) is 2. The third kappa shape index (κ3) is 5.25. The summed E-state index contributed by atoms with van der Waals surface area (Å²) in [4.78, 5) is 0. The van der Waals surface area contributed by atoms with Crippen molar-refractivity contribution in [3.63, 3.8) is 0 Å². The molecule has 1 atom stereocenters. The van der Waals surface area contributed by atoms with E-state index >= 15 is 0 Å². The third-order valence-corrected chi connectivity index (χ3v) is 3.51. The lowest BCUT2D eigenvalue weighted by atomic mass is 10.1. The Morgan fingerprint density at radius 1 is 1.42 bits per heavy atom. The highest BCUT2D eigenvalue weighted by molar-refractivity contribution is 9.10. The summed E-state index contributed by atoms with van der Waals surface area (Å²) in [6, 6.07) is 1.79. The van der Waals surface area contributed by atoms with Crippen LogP contribution in [0.2, 0.25) is 5.02 Å². The van der Waals surface area contributed by atoms with E-state index in [2.05, 4.69) is 26.0 Å². The third-order valence-electron chi connectivity index (χ3n) is 2.31. The first-order chi connectivity index (χ1) is 8.74. The molecule has 108 valence electrons. The average Bonchev–Trinajstić information content (AvgIpc) is 2.29. The normalized spacial score (nSPS) is 13.6. The minimum atomic E-state index is -4.41. The van der Waals surface area contributed by atoms with Gasteiger partial charge in [0.25, 0.3) is 0 Å². The van der Waals surface area contributed by atoms with Crippen LogP contribution in [0.1, 0.15) is 11.6 Å². The smallest absolute Gasteiger partial charge is 0.370 e. The van der Waals surface area contributed by atoms with E-state index in [1.54, 1.807) is 0 Å². The zero-order valence-electron chi connectivity index (χ0n) is 9.82. The van der Waals surface area contributed by atoms with Gasteiger partial charge in [0.2, 0.25) is 0 Å². The van der Waals surface area contributed by atoms with Gasteiger partial charge in [-0.1, -0.05) is 11.6 Å². The minimum Gasteiger partial charge on any atom is -0.370 e. The highest BCUT2D eigenvalue weighted by Gasteiger charge is 2.28. The number of halogens is 6. The van der Waals surface area contributed by atoms with Gasteiger partial charge in [0.05, 0.1) is 17.7 Å². The van der Waals surface area contributed by atoms with Gasteiger partial charge in [0.15, 0.2) is 0 Å². The maximum atomic E-state index is 13.7. The Morgan fingerprint density at radius 2 is 2.05 bits per heavy atom. The van der Waals surface area contributed by atoms with E-state index in [0.29, 0.717) is 4.47 Å². The lowest BCUT2D eigenvalue weighted by Crippen LogP contribution is -2.26. The molecule has 8 heteroatoms. The summed E-state index contributed by atoms with van der Waals surface area (Å²) in [6.45, 7) is -1.69. The highest BCUT2D eigenvalue weighted by atomic mass is 79.9. The van der Waals surface area contributed by atoms with Crippen molar-refractivity contribution >= 4 is 27.5 Å². The van der Waals surface area contributed by atoms with Crippen molar-refractivity contribution in [3.05, 3.63) is 33.0 Å². The van der Waals surface area contributed by atoms with Crippen LogP contribution in [-0.4, -0.2) is 26.4 Å². The average molecular weight is 365 g/mol. The van der Waals surface area contributed by atoms with E-state index in [1.165, 1.54) is 13.1 Å². The molecule has 0 spiro atoms. The van der Waals surface area contributed by atoms with E-state index in [4.69, 9.17) is 11.6 Å². The second kappa shape index (κ2) is 6.88. The van der Waals surface area contributed by atoms with Crippen molar-refractivity contribution in [1.82, 2.24) is 5.32 Å². The standard InChI is InChI=1S/C11H11BrClF4NO/c1-18-10(4-19-5-11(15,16)17)6-2-8(13)7(12)3-9(6)14/h2-3,10,18H,4-5H2,1H3. The summed E-state index contributed by atoms with van der Waals surface area (Å²) in [5.41, 5.74) is 0.151. The molecule has 0 aliphatic rings. The van der Waals surface area contributed by atoms with E-state index in [-0.39, 0.29) is 17.2 Å².